The Hall–Kier alpha value is -1.94. The van der Waals surface area contributed by atoms with Crippen LogP contribution < -0.4 is 0 Å². The first-order valence-corrected chi connectivity index (χ1v) is 7.45. The highest BCUT2D eigenvalue weighted by molar-refractivity contribution is 8.03. The van der Waals surface area contributed by atoms with E-state index in [0.29, 0.717) is 5.56 Å². The van der Waals surface area contributed by atoms with Gasteiger partial charge in [-0.15, -0.1) is 0 Å². The zero-order chi connectivity index (χ0) is 16.2. The van der Waals surface area contributed by atoms with E-state index in [4.69, 9.17) is 0 Å². The Morgan fingerprint density at radius 1 is 1.00 bits per heavy atom. The van der Waals surface area contributed by atoms with Crippen molar-refractivity contribution in [1.29, 1.82) is 0 Å². The maximum atomic E-state index is 13.0. The van der Waals surface area contributed by atoms with Gasteiger partial charge >= 0.3 is 6.18 Å². The Bertz CT molecular complexity index is 668. The minimum atomic E-state index is -4.45. The van der Waals surface area contributed by atoms with Gasteiger partial charge in [0, 0.05) is 9.80 Å². The maximum absolute atomic E-state index is 13.0. The highest BCUT2D eigenvalue weighted by atomic mass is 32.2. The van der Waals surface area contributed by atoms with Crippen LogP contribution in [0, 0.1) is 6.92 Å². The lowest BCUT2D eigenvalue weighted by Gasteiger charge is -2.14. The van der Waals surface area contributed by atoms with Gasteiger partial charge in [-0.05, 0) is 30.7 Å². The van der Waals surface area contributed by atoms with Crippen LogP contribution in [0.15, 0.2) is 76.5 Å². The zero-order valence-corrected chi connectivity index (χ0v) is 12.8. The van der Waals surface area contributed by atoms with Gasteiger partial charge in [0.05, 0.1) is 5.57 Å². The molecule has 0 radical (unpaired) electrons. The van der Waals surface area contributed by atoms with Crippen LogP contribution in [0.25, 0.3) is 6.08 Å². The first-order chi connectivity index (χ1) is 10.4. The largest absolute Gasteiger partial charge is 0.416 e. The number of halogens is 3. The molecule has 0 spiro atoms. The van der Waals surface area contributed by atoms with Crippen molar-refractivity contribution < 1.29 is 13.2 Å². The number of rotatable bonds is 4. The van der Waals surface area contributed by atoms with E-state index in [1.54, 1.807) is 24.3 Å². The predicted octanol–water partition coefficient (Wildman–Crippen LogP) is 6.25. The number of benzene rings is 2. The molecule has 2 rings (SSSR count). The van der Waals surface area contributed by atoms with Crippen molar-refractivity contribution in [2.75, 3.05) is 0 Å². The quantitative estimate of drug-likeness (QED) is 0.474. The van der Waals surface area contributed by atoms with Gasteiger partial charge in [-0.25, -0.2) is 0 Å². The SMILES string of the molecule is C=C(/C(=C\c1ccccc1)Sc1ccc(C)cc1)C(F)(F)F. The molecule has 114 valence electrons. The highest BCUT2D eigenvalue weighted by Gasteiger charge is 2.34. The molecule has 0 fully saturated rings. The van der Waals surface area contributed by atoms with Crippen LogP contribution in [0.2, 0.25) is 0 Å². The van der Waals surface area contributed by atoms with Gasteiger partial charge in [0.25, 0.3) is 0 Å². The van der Waals surface area contributed by atoms with Crippen molar-refractivity contribution in [1.82, 2.24) is 0 Å². The second-order valence-corrected chi connectivity index (χ2v) is 5.93. The molecule has 0 nitrogen and oxygen atoms in total. The summed E-state index contributed by atoms with van der Waals surface area (Å²) in [6.45, 7) is 5.16. The molecule has 0 bridgehead atoms. The standard InChI is InChI=1S/C18H15F3S/c1-13-8-10-16(11-9-13)22-17(14(2)18(19,20)21)12-15-6-4-3-5-7-15/h3-12H,2H2,1H3/b17-12+. The van der Waals surface area contributed by atoms with Crippen molar-refractivity contribution in [3.8, 4) is 0 Å². The molecule has 0 saturated heterocycles. The Morgan fingerprint density at radius 2 is 1.59 bits per heavy atom. The van der Waals surface area contributed by atoms with E-state index < -0.39 is 11.7 Å². The van der Waals surface area contributed by atoms with Crippen LogP contribution in [0.5, 0.6) is 0 Å². The number of hydrogen-bond donors (Lipinski definition) is 0. The minimum Gasteiger partial charge on any atom is -0.166 e. The molecule has 0 aliphatic carbocycles. The number of thioether (sulfide) groups is 1. The normalized spacial score (nSPS) is 12.3. The summed E-state index contributed by atoms with van der Waals surface area (Å²) >= 11 is 1.07. The van der Waals surface area contributed by atoms with E-state index in [1.807, 2.05) is 37.3 Å². The van der Waals surface area contributed by atoms with Crippen LogP contribution in [0.3, 0.4) is 0 Å². The third-order valence-corrected chi connectivity index (χ3v) is 4.08. The second kappa shape index (κ2) is 6.88. The number of hydrogen-bond acceptors (Lipinski definition) is 1. The molecule has 0 aromatic heterocycles. The van der Waals surface area contributed by atoms with Gasteiger partial charge < -0.3 is 0 Å². The number of aryl methyl sites for hydroxylation is 1. The molecular formula is C18H15F3S. The summed E-state index contributed by atoms with van der Waals surface area (Å²) in [7, 11) is 0. The second-order valence-electron chi connectivity index (χ2n) is 4.81. The Balaban J connectivity index is 2.35. The molecule has 22 heavy (non-hydrogen) atoms. The van der Waals surface area contributed by atoms with Gasteiger partial charge in [0.2, 0.25) is 0 Å². The van der Waals surface area contributed by atoms with Crippen molar-refractivity contribution in [2.45, 2.75) is 18.0 Å². The lowest BCUT2D eigenvalue weighted by molar-refractivity contribution is -0.0880. The Morgan fingerprint density at radius 3 is 2.14 bits per heavy atom. The van der Waals surface area contributed by atoms with E-state index in [1.165, 1.54) is 6.08 Å². The van der Waals surface area contributed by atoms with Gasteiger partial charge in [0.15, 0.2) is 0 Å². The molecule has 0 amide bonds. The number of allylic oxidation sites excluding steroid dienone is 1. The topological polar surface area (TPSA) is 0 Å². The summed E-state index contributed by atoms with van der Waals surface area (Å²) in [4.78, 5) is 0.848. The summed E-state index contributed by atoms with van der Waals surface area (Å²) in [6, 6.07) is 16.3. The third-order valence-electron chi connectivity index (χ3n) is 2.99. The highest BCUT2D eigenvalue weighted by Crippen LogP contribution is 2.40. The average Bonchev–Trinajstić information content (AvgIpc) is 2.48. The van der Waals surface area contributed by atoms with E-state index in [-0.39, 0.29) is 4.91 Å². The summed E-state index contributed by atoms with van der Waals surface area (Å²) < 4.78 is 39.0. The average molecular weight is 320 g/mol. The first kappa shape index (κ1) is 16.4. The van der Waals surface area contributed by atoms with Crippen molar-refractivity contribution in [2.24, 2.45) is 0 Å². The lowest BCUT2D eigenvalue weighted by Crippen LogP contribution is -2.11. The number of alkyl halides is 3. The molecule has 4 heteroatoms. The van der Waals surface area contributed by atoms with Crippen LogP contribution in [-0.2, 0) is 0 Å². The smallest absolute Gasteiger partial charge is 0.166 e. The zero-order valence-electron chi connectivity index (χ0n) is 12.0. The molecule has 2 aromatic carbocycles. The molecule has 0 aliphatic rings. The van der Waals surface area contributed by atoms with Crippen LogP contribution in [-0.4, -0.2) is 6.18 Å². The van der Waals surface area contributed by atoms with E-state index in [2.05, 4.69) is 6.58 Å². The molecule has 0 heterocycles. The van der Waals surface area contributed by atoms with Gasteiger partial charge in [-0.1, -0.05) is 66.4 Å². The Kier molecular flexibility index (Phi) is 5.14. The van der Waals surface area contributed by atoms with Crippen molar-refractivity contribution in [3.05, 3.63) is 82.8 Å². The van der Waals surface area contributed by atoms with Crippen molar-refractivity contribution in [3.63, 3.8) is 0 Å². The van der Waals surface area contributed by atoms with Gasteiger partial charge in [0.1, 0.15) is 0 Å². The van der Waals surface area contributed by atoms with Crippen molar-refractivity contribution >= 4 is 17.8 Å². The molecule has 0 unspecified atom stereocenters. The third kappa shape index (κ3) is 4.53. The summed E-state index contributed by atoms with van der Waals surface area (Å²) in [5.74, 6) is 0. The molecule has 2 aromatic rings. The fourth-order valence-electron chi connectivity index (χ4n) is 1.75. The fourth-order valence-corrected chi connectivity index (χ4v) is 2.71. The van der Waals surface area contributed by atoms with E-state index >= 15 is 0 Å². The van der Waals surface area contributed by atoms with E-state index in [0.717, 1.165) is 22.2 Å². The van der Waals surface area contributed by atoms with Crippen LogP contribution in [0.1, 0.15) is 11.1 Å². The lowest BCUT2D eigenvalue weighted by atomic mass is 10.1. The van der Waals surface area contributed by atoms with Crippen LogP contribution >= 0.6 is 11.8 Å². The molecule has 0 N–H and O–H groups in total. The minimum absolute atomic E-state index is 0.0996. The summed E-state index contributed by atoms with van der Waals surface area (Å²) in [5.41, 5.74) is 0.942. The van der Waals surface area contributed by atoms with Gasteiger partial charge in [-0.3, -0.25) is 0 Å². The molecule has 0 saturated carbocycles. The summed E-state index contributed by atoms with van der Waals surface area (Å²) in [5, 5.41) is 0. The predicted molar refractivity (Wildman–Crippen MR) is 86.7 cm³/mol. The molecule has 0 aliphatic heterocycles. The molecular weight excluding hydrogens is 305 g/mol. The fraction of sp³-hybridized carbons (Fsp3) is 0.111. The Labute approximate surface area is 132 Å². The first-order valence-electron chi connectivity index (χ1n) is 6.64. The maximum Gasteiger partial charge on any atom is 0.416 e. The van der Waals surface area contributed by atoms with Crippen LogP contribution in [0.4, 0.5) is 13.2 Å². The molecule has 0 atom stereocenters. The van der Waals surface area contributed by atoms with E-state index in [9.17, 15) is 13.2 Å². The monoisotopic (exact) mass is 320 g/mol. The summed E-state index contributed by atoms with van der Waals surface area (Å²) in [6.07, 6.45) is -2.93. The van der Waals surface area contributed by atoms with Gasteiger partial charge in [-0.2, -0.15) is 13.2 Å².